The van der Waals surface area contributed by atoms with E-state index in [4.69, 9.17) is 5.11 Å². The Hall–Kier alpha value is -1.30. The zero-order valence-corrected chi connectivity index (χ0v) is 12.2. The zero-order chi connectivity index (χ0) is 14.6. The third-order valence-electron chi connectivity index (χ3n) is 4.33. The number of carboxylic acids is 1. The number of hydrogen-bond acceptors (Lipinski definition) is 3. The summed E-state index contributed by atoms with van der Waals surface area (Å²) < 4.78 is 0. The van der Waals surface area contributed by atoms with Gasteiger partial charge < -0.3 is 15.7 Å². The molecule has 2 amide bonds. The fourth-order valence-electron chi connectivity index (χ4n) is 2.88. The van der Waals surface area contributed by atoms with Gasteiger partial charge in [0, 0.05) is 19.1 Å². The van der Waals surface area contributed by atoms with Crippen molar-refractivity contribution in [3.05, 3.63) is 0 Å². The first-order valence-corrected chi connectivity index (χ1v) is 7.56. The van der Waals surface area contributed by atoms with Crippen molar-refractivity contribution in [3.63, 3.8) is 0 Å². The molecule has 0 radical (unpaired) electrons. The van der Waals surface area contributed by atoms with E-state index in [0.717, 1.165) is 32.4 Å². The quantitative estimate of drug-likeness (QED) is 0.624. The second-order valence-corrected chi connectivity index (χ2v) is 5.95. The van der Waals surface area contributed by atoms with Crippen molar-refractivity contribution in [1.29, 1.82) is 0 Å². The second-order valence-electron chi connectivity index (χ2n) is 5.95. The van der Waals surface area contributed by atoms with Crippen molar-refractivity contribution in [2.45, 2.75) is 57.0 Å². The number of amides is 2. The second kappa shape index (κ2) is 6.43. The Labute approximate surface area is 119 Å². The number of carbonyl (C=O) groups excluding carboxylic acids is 1. The van der Waals surface area contributed by atoms with Gasteiger partial charge in [0.25, 0.3) is 0 Å². The third-order valence-corrected chi connectivity index (χ3v) is 4.33. The van der Waals surface area contributed by atoms with Crippen LogP contribution in [0.25, 0.3) is 0 Å². The highest BCUT2D eigenvalue weighted by atomic mass is 16.4. The van der Waals surface area contributed by atoms with Crippen molar-refractivity contribution in [3.8, 4) is 0 Å². The maximum Gasteiger partial charge on any atom is 0.315 e. The van der Waals surface area contributed by atoms with Gasteiger partial charge in [-0.05, 0) is 38.6 Å². The number of carboxylic acid groups (broad SMARTS) is 1. The summed E-state index contributed by atoms with van der Waals surface area (Å²) >= 11 is 0. The molecule has 6 heteroatoms. The smallest absolute Gasteiger partial charge is 0.315 e. The summed E-state index contributed by atoms with van der Waals surface area (Å²) in [5.74, 6) is -0.851. The van der Waals surface area contributed by atoms with Gasteiger partial charge in [-0.25, -0.2) is 4.79 Å². The van der Waals surface area contributed by atoms with Crippen molar-refractivity contribution in [2.75, 3.05) is 19.6 Å². The van der Waals surface area contributed by atoms with Crippen molar-refractivity contribution in [2.24, 2.45) is 0 Å². The Bertz CT molecular complexity index is 365. The minimum atomic E-state index is -0.851. The molecule has 0 saturated heterocycles. The first-order valence-electron chi connectivity index (χ1n) is 7.56. The molecule has 2 aliphatic carbocycles. The van der Waals surface area contributed by atoms with Gasteiger partial charge in [0.15, 0.2) is 0 Å². The van der Waals surface area contributed by atoms with Gasteiger partial charge in [-0.2, -0.15) is 0 Å². The lowest BCUT2D eigenvalue weighted by atomic mass is 9.74. The molecule has 0 aliphatic heterocycles. The van der Waals surface area contributed by atoms with Crippen LogP contribution in [0.2, 0.25) is 0 Å². The molecule has 20 heavy (non-hydrogen) atoms. The Balaban J connectivity index is 1.67. The summed E-state index contributed by atoms with van der Waals surface area (Å²) in [5, 5.41) is 14.6. The normalized spacial score (nSPS) is 20.3. The number of hydrogen-bond donors (Lipinski definition) is 3. The fourth-order valence-corrected chi connectivity index (χ4v) is 2.88. The monoisotopic (exact) mass is 283 g/mol. The number of nitrogens with one attached hydrogen (secondary N) is 2. The third kappa shape index (κ3) is 4.10. The van der Waals surface area contributed by atoms with Crippen LogP contribution >= 0.6 is 0 Å². The molecular formula is C14H25N3O3. The van der Waals surface area contributed by atoms with Gasteiger partial charge in [-0.15, -0.1) is 0 Å². The summed E-state index contributed by atoms with van der Waals surface area (Å²) in [4.78, 5) is 25.1. The highest BCUT2D eigenvalue weighted by Crippen LogP contribution is 2.34. The first-order chi connectivity index (χ1) is 9.54. The van der Waals surface area contributed by atoms with E-state index in [1.165, 1.54) is 12.8 Å². The lowest BCUT2D eigenvalue weighted by Crippen LogP contribution is -2.57. The lowest BCUT2D eigenvalue weighted by molar-refractivity contribution is -0.139. The molecule has 0 aromatic rings. The summed E-state index contributed by atoms with van der Waals surface area (Å²) in [6, 6.07) is 0.465. The van der Waals surface area contributed by atoms with Gasteiger partial charge in [0.2, 0.25) is 0 Å². The number of urea groups is 1. The highest BCUT2D eigenvalue weighted by Gasteiger charge is 2.40. The van der Waals surface area contributed by atoms with Crippen LogP contribution in [0.3, 0.4) is 0 Å². The summed E-state index contributed by atoms with van der Waals surface area (Å²) in [6.07, 6.45) is 5.05. The SMILES string of the molecule is CCN(CCNC(=O)NC1(CC(=O)O)CCC1)C1CC1. The summed E-state index contributed by atoms with van der Waals surface area (Å²) in [5.41, 5.74) is -0.517. The average molecular weight is 283 g/mol. The highest BCUT2D eigenvalue weighted by molar-refractivity contribution is 5.77. The Morgan fingerprint density at radius 3 is 2.50 bits per heavy atom. The van der Waals surface area contributed by atoms with Gasteiger partial charge in [-0.3, -0.25) is 9.69 Å². The largest absolute Gasteiger partial charge is 0.481 e. The van der Waals surface area contributed by atoms with Crippen LogP contribution in [0, 0.1) is 0 Å². The molecule has 2 fully saturated rings. The van der Waals surface area contributed by atoms with Gasteiger partial charge >= 0.3 is 12.0 Å². The van der Waals surface area contributed by atoms with E-state index < -0.39 is 11.5 Å². The maximum absolute atomic E-state index is 11.9. The molecule has 0 spiro atoms. The number of carbonyl (C=O) groups is 2. The number of rotatable bonds is 8. The van der Waals surface area contributed by atoms with Crippen LogP contribution in [0.4, 0.5) is 4.79 Å². The van der Waals surface area contributed by atoms with Crippen LogP contribution in [0.15, 0.2) is 0 Å². The molecule has 0 atom stereocenters. The minimum absolute atomic E-state index is 0.0174. The van der Waals surface area contributed by atoms with Gasteiger partial charge in [0.05, 0.1) is 12.0 Å². The van der Waals surface area contributed by atoms with E-state index >= 15 is 0 Å². The van der Waals surface area contributed by atoms with E-state index in [0.29, 0.717) is 12.6 Å². The summed E-state index contributed by atoms with van der Waals surface area (Å²) in [7, 11) is 0. The Kier molecular flexibility index (Phi) is 4.86. The molecule has 0 heterocycles. The standard InChI is InChI=1S/C14H25N3O3/c1-2-17(11-4-5-11)9-8-15-13(20)16-14(6-3-7-14)10-12(18)19/h11H,2-10H2,1H3,(H,18,19)(H2,15,16,20). The molecule has 2 aliphatic rings. The first kappa shape index (κ1) is 15.1. The molecule has 0 aromatic heterocycles. The topological polar surface area (TPSA) is 81.7 Å². The van der Waals surface area contributed by atoms with Gasteiger partial charge in [0.1, 0.15) is 0 Å². The molecule has 0 unspecified atom stereocenters. The van der Waals surface area contributed by atoms with E-state index in [2.05, 4.69) is 22.5 Å². The zero-order valence-electron chi connectivity index (χ0n) is 12.2. The van der Waals surface area contributed by atoms with E-state index in [-0.39, 0.29) is 12.5 Å². The molecule has 6 nitrogen and oxygen atoms in total. The number of aliphatic carboxylic acids is 1. The van der Waals surface area contributed by atoms with Crippen LogP contribution in [0.1, 0.15) is 45.4 Å². The molecule has 0 aromatic carbocycles. The van der Waals surface area contributed by atoms with Crippen molar-refractivity contribution < 1.29 is 14.7 Å². The van der Waals surface area contributed by atoms with Gasteiger partial charge in [-0.1, -0.05) is 6.92 Å². The fraction of sp³-hybridized carbons (Fsp3) is 0.857. The number of likely N-dealkylation sites (N-methyl/N-ethyl adjacent to an activating group) is 1. The van der Waals surface area contributed by atoms with Crippen LogP contribution in [-0.2, 0) is 4.79 Å². The average Bonchev–Trinajstić information content (AvgIpc) is 3.15. The van der Waals surface area contributed by atoms with Crippen LogP contribution in [-0.4, -0.2) is 53.2 Å². The molecule has 0 bridgehead atoms. The summed E-state index contributed by atoms with van der Waals surface area (Å²) in [6.45, 7) is 4.62. The Morgan fingerprint density at radius 2 is 2.05 bits per heavy atom. The predicted octanol–water partition coefficient (Wildman–Crippen LogP) is 1.17. The van der Waals surface area contributed by atoms with Crippen molar-refractivity contribution >= 4 is 12.0 Å². The van der Waals surface area contributed by atoms with E-state index in [1.807, 2.05) is 0 Å². The molecule has 114 valence electrons. The van der Waals surface area contributed by atoms with Crippen LogP contribution in [0.5, 0.6) is 0 Å². The number of nitrogens with zero attached hydrogens (tertiary/aromatic N) is 1. The Morgan fingerprint density at radius 1 is 1.35 bits per heavy atom. The van der Waals surface area contributed by atoms with Crippen LogP contribution < -0.4 is 10.6 Å². The molecule has 2 saturated carbocycles. The predicted molar refractivity (Wildman–Crippen MR) is 75.6 cm³/mol. The maximum atomic E-state index is 11.9. The molecule has 3 N–H and O–H groups in total. The molecule has 2 rings (SSSR count). The molecular weight excluding hydrogens is 258 g/mol. The van der Waals surface area contributed by atoms with E-state index in [1.54, 1.807) is 0 Å². The van der Waals surface area contributed by atoms with E-state index in [9.17, 15) is 9.59 Å². The minimum Gasteiger partial charge on any atom is -0.481 e. The van der Waals surface area contributed by atoms with Crippen molar-refractivity contribution in [1.82, 2.24) is 15.5 Å². The lowest BCUT2D eigenvalue weighted by Gasteiger charge is -2.41.